The van der Waals surface area contributed by atoms with Crippen molar-refractivity contribution in [1.82, 2.24) is 10.6 Å². The zero-order valence-corrected chi connectivity index (χ0v) is 14.7. The molecule has 146 valence electrons. The lowest BCUT2D eigenvalue weighted by Gasteiger charge is -2.24. The van der Waals surface area contributed by atoms with E-state index in [2.05, 4.69) is 15.4 Å². The van der Waals surface area contributed by atoms with Gasteiger partial charge in [0.25, 0.3) is 5.91 Å². The van der Waals surface area contributed by atoms with Crippen LogP contribution in [0.3, 0.4) is 0 Å². The molecule has 0 radical (unpaired) electrons. The highest BCUT2D eigenvalue weighted by Gasteiger charge is 2.29. The van der Waals surface area contributed by atoms with Crippen LogP contribution in [0, 0.1) is 11.7 Å². The molecule has 1 aromatic carbocycles. The molecule has 0 bridgehead atoms. The molecular formula is C17H22F4N2O3. The first kappa shape index (κ1) is 21.9. The van der Waals surface area contributed by atoms with Crippen molar-refractivity contribution >= 4 is 11.8 Å². The fourth-order valence-corrected chi connectivity index (χ4v) is 2.13. The van der Waals surface area contributed by atoms with Crippen molar-refractivity contribution in [3.8, 4) is 0 Å². The Balaban J connectivity index is 2.64. The number of alkyl halides is 3. The maximum atomic E-state index is 13.7. The Morgan fingerprint density at radius 3 is 2.27 bits per heavy atom. The normalized spacial score (nSPS) is 14.0. The summed E-state index contributed by atoms with van der Waals surface area (Å²) in [4.78, 5) is 24.5. The van der Waals surface area contributed by atoms with Crippen molar-refractivity contribution < 1.29 is 31.9 Å². The molecule has 1 rings (SSSR count). The summed E-state index contributed by atoms with van der Waals surface area (Å²) in [5, 5.41) is 4.93. The third kappa shape index (κ3) is 7.38. The van der Waals surface area contributed by atoms with E-state index in [1.165, 1.54) is 25.1 Å². The van der Waals surface area contributed by atoms with Crippen molar-refractivity contribution in [3.63, 3.8) is 0 Å². The van der Waals surface area contributed by atoms with Crippen molar-refractivity contribution in [1.29, 1.82) is 0 Å². The number of amides is 2. The molecular weight excluding hydrogens is 356 g/mol. The standard InChI is InChI=1S/C17H22F4N2O3/c1-10(2)14(23-15(24)12-6-4-5-7-13(12)18)16(25)22-11(3)8-26-9-17(19,20)21/h4-7,10-11,14H,8-9H2,1-3H3,(H,22,25)(H,23,24). The molecule has 0 saturated carbocycles. The van der Waals surface area contributed by atoms with E-state index in [1.54, 1.807) is 13.8 Å². The zero-order valence-electron chi connectivity index (χ0n) is 14.7. The first-order chi connectivity index (χ1) is 12.0. The topological polar surface area (TPSA) is 67.4 Å². The molecule has 0 aliphatic heterocycles. The summed E-state index contributed by atoms with van der Waals surface area (Å²) < 4.78 is 54.3. The van der Waals surface area contributed by atoms with Crippen LogP contribution in [-0.2, 0) is 9.53 Å². The molecule has 0 aliphatic carbocycles. The van der Waals surface area contributed by atoms with Crippen LogP contribution in [0.25, 0.3) is 0 Å². The molecule has 0 fully saturated rings. The first-order valence-electron chi connectivity index (χ1n) is 8.01. The molecule has 0 spiro atoms. The lowest BCUT2D eigenvalue weighted by atomic mass is 10.0. The van der Waals surface area contributed by atoms with Gasteiger partial charge in [0, 0.05) is 6.04 Å². The predicted octanol–water partition coefficient (Wildman–Crippen LogP) is 2.66. The van der Waals surface area contributed by atoms with Gasteiger partial charge in [-0.2, -0.15) is 13.2 Å². The third-order valence-corrected chi connectivity index (χ3v) is 3.38. The summed E-state index contributed by atoms with van der Waals surface area (Å²) in [5.41, 5.74) is -0.201. The van der Waals surface area contributed by atoms with Crippen LogP contribution in [0.4, 0.5) is 17.6 Å². The fraction of sp³-hybridized carbons (Fsp3) is 0.529. The number of nitrogens with one attached hydrogen (secondary N) is 2. The van der Waals surface area contributed by atoms with Crippen LogP contribution in [0.5, 0.6) is 0 Å². The summed E-state index contributed by atoms with van der Waals surface area (Å²) in [6.07, 6.45) is -4.45. The maximum Gasteiger partial charge on any atom is 0.411 e. The number of hydrogen-bond donors (Lipinski definition) is 2. The van der Waals surface area contributed by atoms with Gasteiger partial charge >= 0.3 is 6.18 Å². The summed E-state index contributed by atoms with van der Waals surface area (Å²) in [7, 11) is 0. The van der Waals surface area contributed by atoms with E-state index in [4.69, 9.17) is 0 Å². The summed E-state index contributed by atoms with van der Waals surface area (Å²) >= 11 is 0. The molecule has 2 unspecified atom stereocenters. The van der Waals surface area contributed by atoms with E-state index >= 15 is 0 Å². The number of carbonyl (C=O) groups is 2. The average molecular weight is 378 g/mol. The number of hydrogen-bond acceptors (Lipinski definition) is 3. The van der Waals surface area contributed by atoms with Crippen LogP contribution < -0.4 is 10.6 Å². The van der Waals surface area contributed by atoms with Crippen molar-refractivity contribution in [3.05, 3.63) is 35.6 Å². The quantitative estimate of drug-likeness (QED) is 0.684. The number of benzene rings is 1. The maximum absolute atomic E-state index is 13.7. The summed E-state index contributed by atoms with van der Waals surface area (Å²) in [6, 6.07) is 3.65. The largest absolute Gasteiger partial charge is 0.411 e. The van der Waals surface area contributed by atoms with Crippen LogP contribution in [0.15, 0.2) is 24.3 Å². The van der Waals surface area contributed by atoms with Crippen LogP contribution in [0.2, 0.25) is 0 Å². The van der Waals surface area contributed by atoms with E-state index in [1.807, 2.05) is 0 Å². The number of carbonyl (C=O) groups excluding carboxylic acids is 2. The van der Waals surface area contributed by atoms with Crippen molar-refractivity contribution in [2.75, 3.05) is 13.2 Å². The fourth-order valence-electron chi connectivity index (χ4n) is 2.13. The Bertz CT molecular complexity index is 620. The van der Waals surface area contributed by atoms with Gasteiger partial charge in [0.1, 0.15) is 18.5 Å². The molecule has 1 aromatic rings. The SMILES string of the molecule is CC(COCC(F)(F)F)NC(=O)C(NC(=O)c1ccccc1F)C(C)C. The second-order valence-electron chi connectivity index (χ2n) is 6.21. The van der Waals surface area contributed by atoms with Gasteiger partial charge in [-0.3, -0.25) is 9.59 Å². The van der Waals surface area contributed by atoms with Gasteiger partial charge in [-0.1, -0.05) is 26.0 Å². The van der Waals surface area contributed by atoms with E-state index in [0.29, 0.717) is 0 Å². The Hall–Kier alpha value is -2.16. The summed E-state index contributed by atoms with van der Waals surface area (Å²) in [6.45, 7) is 3.08. The number of rotatable bonds is 8. The molecule has 5 nitrogen and oxygen atoms in total. The Kier molecular flexibility index (Phi) is 8.01. The Labute approximate surface area is 149 Å². The molecule has 9 heteroatoms. The average Bonchev–Trinajstić information content (AvgIpc) is 2.50. The number of halogens is 4. The van der Waals surface area contributed by atoms with Crippen LogP contribution >= 0.6 is 0 Å². The second-order valence-corrected chi connectivity index (χ2v) is 6.21. The van der Waals surface area contributed by atoms with Gasteiger partial charge in [0.2, 0.25) is 5.91 Å². The molecule has 26 heavy (non-hydrogen) atoms. The second kappa shape index (κ2) is 9.51. The highest BCUT2D eigenvalue weighted by atomic mass is 19.4. The highest BCUT2D eigenvalue weighted by Crippen LogP contribution is 2.14. The molecule has 0 heterocycles. The first-order valence-corrected chi connectivity index (χ1v) is 8.01. The lowest BCUT2D eigenvalue weighted by Crippen LogP contribution is -2.52. The zero-order chi connectivity index (χ0) is 19.9. The Morgan fingerprint density at radius 1 is 1.12 bits per heavy atom. The van der Waals surface area contributed by atoms with Crippen LogP contribution in [0.1, 0.15) is 31.1 Å². The van der Waals surface area contributed by atoms with Gasteiger partial charge in [-0.05, 0) is 25.0 Å². The Morgan fingerprint density at radius 2 is 1.73 bits per heavy atom. The van der Waals surface area contributed by atoms with Crippen LogP contribution in [-0.4, -0.2) is 43.3 Å². The molecule has 0 aromatic heterocycles. The predicted molar refractivity (Wildman–Crippen MR) is 87.0 cm³/mol. The van der Waals surface area contributed by atoms with Gasteiger partial charge in [0.05, 0.1) is 12.2 Å². The van der Waals surface area contributed by atoms with Crippen molar-refractivity contribution in [2.45, 2.75) is 39.0 Å². The highest BCUT2D eigenvalue weighted by molar-refractivity contribution is 5.97. The van der Waals surface area contributed by atoms with Gasteiger partial charge < -0.3 is 15.4 Å². The van der Waals surface area contributed by atoms with E-state index in [0.717, 1.165) is 6.07 Å². The van der Waals surface area contributed by atoms with E-state index < -0.39 is 42.5 Å². The minimum Gasteiger partial charge on any atom is -0.370 e. The smallest absolute Gasteiger partial charge is 0.370 e. The molecule has 2 atom stereocenters. The minimum absolute atomic E-state index is 0.201. The molecule has 2 N–H and O–H groups in total. The third-order valence-electron chi connectivity index (χ3n) is 3.38. The molecule has 0 saturated heterocycles. The van der Waals surface area contributed by atoms with E-state index in [9.17, 15) is 27.2 Å². The van der Waals surface area contributed by atoms with Gasteiger partial charge in [0.15, 0.2) is 0 Å². The van der Waals surface area contributed by atoms with E-state index in [-0.39, 0.29) is 18.1 Å². The molecule has 0 aliphatic rings. The monoisotopic (exact) mass is 378 g/mol. The van der Waals surface area contributed by atoms with Gasteiger partial charge in [-0.25, -0.2) is 4.39 Å². The molecule has 2 amide bonds. The number of ether oxygens (including phenoxy) is 1. The lowest BCUT2D eigenvalue weighted by molar-refractivity contribution is -0.175. The van der Waals surface area contributed by atoms with Crippen molar-refractivity contribution in [2.24, 2.45) is 5.92 Å². The van der Waals surface area contributed by atoms with Gasteiger partial charge in [-0.15, -0.1) is 0 Å². The summed E-state index contributed by atoms with van der Waals surface area (Å²) in [5.74, 6) is -2.39. The minimum atomic E-state index is -4.45.